The quantitative estimate of drug-likeness (QED) is 0.740. The van der Waals surface area contributed by atoms with Crippen LogP contribution in [0, 0.1) is 5.82 Å². The van der Waals surface area contributed by atoms with Crippen molar-refractivity contribution in [3.63, 3.8) is 0 Å². The Morgan fingerprint density at radius 3 is 2.58 bits per heavy atom. The van der Waals surface area contributed by atoms with E-state index in [0.29, 0.717) is 0 Å². The largest absolute Gasteiger partial charge is 0.495 e. The number of rotatable bonds is 7. The molecule has 9 heteroatoms. The number of pyridine rings is 1. The van der Waals surface area contributed by atoms with Gasteiger partial charge in [-0.1, -0.05) is 0 Å². The van der Waals surface area contributed by atoms with Crippen LogP contribution in [0.25, 0.3) is 0 Å². The SMILES string of the molecule is COc1cncc(N(O)S(=O)(=O)c2ccc(F)cc2CN(C)C(C)C)c1. The molecule has 0 saturated heterocycles. The molecule has 26 heavy (non-hydrogen) atoms. The summed E-state index contributed by atoms with van der Waals surface area (Å²) in [5.41, 5.74) is 0.160. The maximum Gasteiger partial charge on any atom is 0.286 e. The lowest BCUT2D eigenvalue weighted by Gasteiger charge is -2.24. The van der Waals surface area contributed by atoms with Crippen molar-refractivity contribution in [1.82, 2.24) is 9.88 Å². The molecular formula is C17H22FN3O4S. The number of hydrogen-bond donors (Lipinski definition) is 1. The monoisotopic (exact) mass is 383 g/mol. The summed E-state index contributed by atoms with van der Waals surface area (Å²) >= 11 is 0. The van der Waals surface area contributed by atoms with Crippen molar-refractivity contribution in [3.05, 3.63) is 48.0 Å². The average Bonchev–Trinajstić information content (AvgIpc) is 2.60. The van der Waals surface area contributed by atoms with Crippen LogP contribution in [0.1, 0.15) is 19.4 Å². The number of hydrogen-bond acceptors (Lipinski definition) is 6. The number of nitrogens with zero attached hydrogens (tertiary/aromatic N) is 3. The Kier molecular flexibility index (Phi) is 6.17. The predicted molar refractivity (Wildman–Crippen MR) is 95.2 cm³/mol. The molecule has 2 rings (SSSR count). The van der Waals surface area contributed by atoms with E-state index in [0.717, 1.165) is 18.2 Å². The number of halogens is 1. The number of benzene rings is 1. The van der Waals surface area contributed by atoms with Crippen molar-refractivity contribution in [2.45, 2.75) is 31.3 Å². The third-order valence-electron chi connectivity index (χ3n) is 3.98. The molecule has 0 fully saturated rings. The highest BCUT2D eigenvalue weighted by Crippen LogP contribution is 2.27. The zero-order valence-corrected chi connectivity index (χ0v) is 15.9. The first-order chi connectivity index (χ1) is 12.2. The second kappa shape index (κ2) is 7.98. The van der Waals surface area contributed by atoms with Gasteiger partial charge in [0.25, 0.3) is 10.0 Å². The van der Waals surface area contributed by atoms with Gasteiger partial charge in [0.1, 0.15) is 17.3 Å². The molecule has 2 aromatic rings. The van der Waals surface area contributed by atoms with Gasteiger partial charge in [0.2, 0.25) is 0 Å². The van der Waals surface area contributed by atoms with Crippen LogP contribution in [0.2, 0.25) is 0 Å². The van der Waals surface area contributed by atoms with Crippen LogP contribution in [0.3, 0.4) is 0 Å². The van der Waals surface area contributed by atoms with E-state index in [2.05, 4.69) is 4.98 Å². The molecule has 0 radical (unpaired) electrons. The molecule has 1 heterocycles. The summed E-state index contributed by atoms with van der Waals surface area (Å²) in [4.78, 5) is 5.51. The highest BCUT2D eigenvalue weighted by Gasteiger charge is 2.28. The molecule has 1 aromatic carbocycles. The predicted octanol–water partition coefficient (Wildman–Crippen LogP) is 2.65. The van der Waals surface area contributed by atoms with Crippen LogP contribution in [0.15, 0.2) is 41.6 Å². The minimum Gasteiger partial charge on any atom is -0.495 e. The first-order valence-corrected chi connectivity index (χ1v) is 9.32. The van der Waals surface area contributed by atoms with E-state index in [9.17, 15) is 18.0 Å². The van der Waals surface area contributed by atoms with Gasteiger partial charge in [-0.05, 0) is 44.7 Å². The van der Waals surface area contributed by atoms with E-state index in [-0.39, 0.29) is 39.0 Å². The standard InChI is InChI=1S/C17H22FN3O4S/c1-12(2)20(3)11-13-7-14(18)5-6-17(13)26(23,24)21(22)15-8-16(25-4)10-19-9-15/h5-10,12,22H,11H2,1-4H3. The van der Waals surface area contributed by atoms with Crippen molar-refractivity contribution < 1.29 is 22.8 Å². The fraction of sp³-hybridized carbons (Fsp3) is 0.353. The van der Waals surface area contributed by atoms with E-state index < -0.39 is 15.8 Å². The molecule has 142 valence electrons. The number of methoxy groups -OCH3 is 1. The Bertz CT molecular complexity index is 874. The lowest BCUT2D eigenvalue weighted by atomic mass is 10.2. The maximum absolute atomic E-state index is 13.7. The van der Waals surface area contributed by atoms with E-state index in [1.165, 1.54) is 25.6 Å². The molecular weight excluding hydrogens is 361 g/mol. The summed E-state index contributed by atoms with van der Waals surface area (Å²) in [6.07, 6.45) is 2.56. The van der Waals surface area contributed by atoms with E-state index in [1.807, 2.05) is 18.7 Å². The van der Waals surface area contributed by atoms with Crippen molar-refractivity contribution in [3.8, 4) is 5.75 Å². The zero-order chi connectivity index (χ0) is 19.5. The molecule has 1 aromatic heterocycles. The molecule has 0 bridgehead atoms. The van der Waals surface area contributed by atoms with Crippen LogP contribution in [0.5, 0.6) is 5.75 Å². The lowest BCUT2D eigenvalue weighted by molar-refractivity contribution is 0.263. The topological polar surface area (TPSA) is 83.0 Å². The smallest absolute Gasteiger partial charge is 0.286 e. The Balaban J connectivity index is 2.47. The van der Waals surface area contributed by atoms with Gasteiger partial charge in [0, 0.05) is 18.7 Å². The van der Waals surface area contributed by atoms with Crippen LogP contribution >= 0.6 is 0 Å². The minimum atomic E-state index is -4.34. The lowest BCUT2D eigenvalue weighted by Crippen LogP contribution is -2.30. The highest BCUT2D eigenvalue weighted by atomic mass is 32.2. The number of aromatic nitrogens is 1. The van der Waals surface area contributed by atoms with E-state index >= 15 is 0 Å². The van der Waals surface area contributed by atoms with Gasteiger partial charge in [0.15, 0.2) is 0 Å². The molecule has 7 nitrogen and oxygen atoms in total. The summed E-state index contributed by atoms with van der Waals surface area (Å²) in [6, 6.07) is 4.80. The maximum atomic E-state index is 13.7. The van der Waals surface area contributed by atoms with Gasteiger partial charge < -0.3 is 4.74 Å². The summed E-state index contributed by atoms with van der Waals surface area (Å²) in [5, 5.41) is 10.3. The molecule has 0 spiro atoms. The number of sulfonamides is 1. The van der Waals surface area contributed by atoms with Crippen LogP contribution < -0.4 is 9.21 Å². The Hall–Kier alpha value is -2.23. The first-order valence-electron chi connectivity index (χ1n) is 7.88. The number of ether oxygens (including phenoxy) is 1. The van der Waals surface area contributed by atoms with Gasteiger partial charge in [-0.2, -0.15) is 8.42 Å². The second-order valence-corrected chi connectivity index (χ2v) is 7.83. The molecule has 1 N–H and O–H groups in total. The van der Waals surface area contributed by atoms with E-state index in [1.54, 1.807) is 7.05 Å². The average molecular weight is 383 g/mol. The third-order valence-corrected chi connectivity index (χ3v) is 5.60. The molecule has 0 amide bonds. The van der Waals surface area contributed by atoms with E-state index in [4.69, 9.17) is 4.74 Å². The molecule has 0 saturated carbocycles. The van der Waals surface area contributed by atoms with Crippen molar-refractivity contribution >= 4 is 15.7 Å². The van der Waals surface area contributed by atoms with Crippen LogP contribution in [-0.4, -0.2) is 43.7 Å². The second-order valence-electron chi connectivity index (χ2n) is 6.09. The molecule has 0 aliphatic rings. The molecule has 0 unspecified atom stereocenters. The molecule has 0 aliphatic heterocycles. The molecule has 0 aliphatic carbocycles. The normalized spacial score (nSPS) is 11.8. The van der Waals surface area contributed by atoms with Crippen molar-refractivity contribution in [2.24, 2.45) is 0 Å². The van der Waals surface area contributed by atoms with Gasteiger partial charge in [-0.25, -0.2) is 4.39 Å². The summed E-state index contributed by atoms with van der Waals surface area (Å²) in [6.45, 7) is 4.08. The Morgan fingerprint density at radius 2 is 1.96 bits per heavy atom. The fourth-order valence-electron chi connectivity index (χ4n) is 2.23. The number of anilines is 1. The zero-order valence-electron chi connectivity index (χ0n) is 15.0. The summed E-state index contributed by atoms with van der Waals surface area (Å²) in [7, 11) is -1.14. The van der Waals surface area contributed by atoms with Gasteiger partial charge in [-0.3, -0.25) is 15.1 Å². The van der Waals surface area contributed by atoms with Crippen molar-refractivity contribution in [2.75, 3.05) is 18.6 Å². The Morgan fingerprint density at radius 1 is 1.27 bits per heavy atom. The summed E-state index contributed by atoms with van der Waals surface area (Å²) < 4.78 is 44.6. The molecule has 0 atom stereocenters. The van der Waals surface area contributed by atoms with Crippen LogP contribution in [0.4, 0.5) is 10.1 Å². The Labute approximate surface area is 152 Å². The third kappa shape index (κ3) is 4.29. The fourth-order valence-corrected chi connectivity index (χ4v) is 3.49. The highest BCUT2D eigenvalue weighted by molar-refractivity contribution is 7.92. The van der Waals surface area contributed by atoms with Crippen molar-refractivity contribution in [1.29, 1.82) is 0 Å². The summed E-state index contributed by atoms with van der Waals surface area (Å²) in [5.74, 6) is -0.265. The van der Waals surface area contributed by atoms with Gasteiger partial charge in [-0.15, -0.1) is 4.47 Å². The first kappa shape index (κ1) is 20.1. The minimum absolute atomic E-state index is 0.0863. The van der Waals surface area contributed by atoms with Gasteiger partial charge in [0.05, 0.1) is 24.4 Å². The van der Waals surface area contributed by atoms with Crippen LogP contribution in [-0.2, 0) is 16.6 Å². The van der Waals surface area contributed by atoms with Gasteiger partial charge >= 0.3 is 0 Å².